The minimum atomic E-state index is -3.48. The number of sulfonamides is 1. The van der Waals surface area contributed by atoms with Crippen LogP contribution in [0, 0.1) is 12.7 Å². The summed E-state index contributed by atoms with van der Waals surface area (Å²) in [5.41, 5.74) is 1.56. The number of hydrogen-bond donors (Lipinski definition) is 0. The van der Waals surface area contributed by atoms with E-state index in [4.69, 9.17) is 0 Å². The van der Waals surface area contributed by atoms with E-state index in [1.54, 1.807) is 30.5 Å². The Bertz CT molecular complexity index is 1070. The first kappa shape index (κ1) is 22.8. The maximum Gasteiger partial charge on any atom is 0.252 e. The summed E-state index contributed by atoms with van der Waals surface area (Å²) in [7, 11) is -3.48. The van der Waals surface area contributed by atoms with Crippen LogP contribution in [0.2, 0.25) is 0 Å². The molecule has 0 bridgehead atoms. The summed E-state index contributed by atoms with van der Waals surface area (Å²) in [5, 5.41) is 2.53. The molecule has 0 aliphatic heterocycles. The summed E-state index contributed by atoms with van der Waals surface area (Å²) in [6, 6.07) is 8.39. The zero-order chi connectivity index (χ0) is 21.7. The summed E-state index contributed by atoms with van der Waals surface area (Å²) < 4.78 is 45.3. The minimum absolute atomic E-state index is 0.221. The number of benzene rings is 1. The summed E-state index contributed by atoms with van der Waals surface area (Å²) in [5.74, 6) is 0.457. The fourth-order valence-electron chi connectivity index (χ4n) is 3.05. The molecule has 3 rings (SSSR count). The molecule has 0 spiro atoms. The van der Waals surface area contributed by atoms with Crippen LogP contribution in [0.4, 0.5) is 9.52 Å². The topological polar surface area (TPSA) is 66.4 Å². The average molecular weight is 469 g/mol. The molecule has 2 aromatic heterocycles. The molecule has 0 aliphatic rings. The van der Waals surface area contributed by atoms with Gasteiger partial charge in [0.05, 0.1) is 0 Å². The molecule has 0 radical (unpaired) electrons. The minimum Gasteiger partial charge on any atom is -0.346 e. The number of aromatic nitrogens is 2. The van der Waals surface area contributed by atoms with E-state index in [0.29, 0.717) is 48.2 Å². The number of rotatable bonds is 10. The highest BCUT2D eigenvalue weighted by molar-refractivity contribution is 7.91. The quantitative estimate of drug-likeness (QED) is 0.447. The Kier molecular flexibility index (Phi) is 7.56. The molecular formula is C20H25FN4O2S3. The molecule has 0 saturated carbocycles. The van der Waals surface area contributed by atoms with Gasteiger partial charge in [-0.15, -0.1) is 11.3 Å². The van der Waals surface area contributed by atoms with Crippen molar-refractivity contribution in [3.8, 4) is 0 Å². The van der Waals surface area contributed by atoms with Crippen LogP contribution in [0.15, 0.2) is 39.9 Å². The molecule has 2 heterocycles. The standard InChI is InChI=1S/C20H25FN4O2S3/c1-4-24(10-11-25(5-2)30(26,27)19-7-6-12-28-19)20-22-18(23-29-20)14-16-8-9-17(21)15(3)13-16/h6-9,12-13H,4-5,10-11,14H2,1-3H3. The van der Waals surface area contributed by atoms with Crippen LogP contribution in [0.3, 0.4) is 0 Å². The van der Waals surface area contributed by atoms with Crippen molar-refractivity contribution in [2.75, 3.05) is 31.1 Å². The lowest BCUT2D eigenvalue weighted by molar-refractivity contribution is 0.432. The van der Waals surface area contributed by atoms with E-state index in [2.05, 4.69) is 9.36 Å². The average Bonchev–Trinajstić information content (AvgIpc) is 3.41. The predicted octanol–water partition coefficient (Wildman–Crippen LogP) is 4.18. The smallest absolute Gasteiger partial charge is 0.252 e. The number of aryl methyl sites for hydroxylation is 1. The molecule has 0 unspecified atom stereocenters. The van der Waals surface area contributed by atoms with Crippen molar-refractivity contribution < 1.29 is 12.8 Å². The number of anilines is 1. The van der Waals surface area contributed by atoms with Gasteiger partial charge in [-0.05, 0) is 42.5 Å². The molecule has 30 heavy (non-hydrogen) atoms. The monoisotopic (exact) mass is 468 g/mol. The number of nitrogens with zero attached hydrogens (tertiary/aromatic N) is 4. The molecule has 0 atom stereocenters. The van der Waals surface area contributed by atoms with Gasteiger partial charge in [-0.1, -0.05) is 25.1 Å². The molecule has 6 nitrogen and oxygen atoms in total. The predicted molar refractivity (Wildman–Crippen MR) is 120 cm³/mol. The Morgan fingerprint density at radius 3 is 2.57 bits per heavy atom. The highest BCUT2D eigenvalue weighted by Crippen LogP contribution is 2.22. The van der Waals surface area contributed by atoms with E-state index in [0.717, 1.165) is 10.7 Å². The molecule has 10 heteroatoms. The highest BCUT2D eigenvalue weighted by Gasteiger charge is 2.24. The maximum absolute atomic E-state index is 13.5. The Morgan fingerprint density at radius 2 is 1.93 bits per heavy atom. The second kappa shape index (κ2) is 9.95. The largest absolute Gasteiger partial charge is 0.346 e. The normalized spacial score (nSPS) is 11.9. The first-order valence-corrected chi connectivity index (χ1v) is 12.8. The zero-order valence-electron chi connectivity index (χ0n) is 17.2. The number of thiophene rings is 1. The number of halogens is 1. The molecule has 0 fully saturated rings. The van der Waals surface area contributed by atoms with Crippen LogP contribution in [0.5, 0.6) is 0 Å². The van der Waals surface area contributed by atoms with Gasteiger partial charge in [-0.2, -0.15) is 8.68 Å². The van der Waals surface area contributed by atoms with E-state index < -0.39 is 10.0 Å². The van der Waals surface area contributed by atoms with Crippen LogP contribution in [0.1, 0.15) is 30.8 Å². The molecule has 0 saturated heterocycles. The van der Waals surface area contributed by atoms with Gasteiger partial charge >= 0.3 is 0 Å². The first-order chi connectivity index (χ1) is 14.3. The summed E-state index contributed by atoms with van der Waals surface area (Å²) in [4.78, 5) is 6.65. The first-order valence-electron chi connectivity index (χ1n) is 9.71. The Morgan fingerprint density at radius 1 is 1.13 bits per heavy atom. The SMILES string of the molecule is CCN(CCN(CC)S(=O)(=O)c1cccs1)c1nc(Cc2ccc(F)c(C)c2)ns1. The van der Waals surface area contributed by atoms with Gasteiger partial charge in [0.1, 0.15) is 15.9 Å². The molecule has 162 valence electrons. The Balaban J connectivity index is 1.67. The van der Waals surface area contributed by atoms with Gasteiger partial charge in [-0.25, -0.2) is 17.8 Å². The fourth-order valence-corrected chi connectivity index (χ4v) is 6.41. The molecule has 1 aromatic carbocycles. The summed E-state index contributed by atoms with van der Waals surface area (Å²) >= 11 is 2.53. The van der Waals surface area contributed by atoms with Crippen molar-refractivity contribution in [1.82, 2.24) is 13.7 Å². The van der Waals surface area contributed by atoms with Crippen molar-refractivity contribution in [2.24, 2.45) is 0 Å². The summed E-state index contributed by atoms with van der Waals surface area (Å²) in [6.45, 7) is 7.59. The molecule has 3 aromatic rings. The lowest BCUT2D eigenvalue weighted by Crippen LogP contribution is -2.38. The molecular weight excluding hydrogens is 443 g/mol. The van der Waals surface area contributed by atoms with E-state index in [1.807, 2.05) is 24.8 Å². The van der Waals surface area contributed by atoms with E-state index in [1.165, 1.54) is 33.2 Å². The van der Waals surface area contributed by atoms with Gasteiger partial charge in [0.15, 0.2) is 0 Å². The zero-order valence-corrected chi connectivity index (χ0v) is 19.7. The van der Waals surface area contributed by atoms with Crippen LogP contribution < -0.4 is 4.90 Å². The Labute approximate surface area is 185 Å². The lowest BCUT2D eigenvalue weighted by Gasteiger charge is -2.24. The second-order valence-electron chi connectivity index (χ2n) is 6.76. The van der Waals surface area contributed by atoms with E-state index in [9.17, 15) is 12.8 Å². The fraction of sp³-hybridized carbons (Fsp3) is 0.400. The second-order valence-corrected chi connectivity index (χ2v) is 10.6. The number of likely N-dealkylation sites (N-methyl/N-ethyl adjacent to an activating group) is 2. The molecule has 0 amide bonds. The van der Waals surface area contributed by atoms with Crippen LogP contribution >= 0.6 is 22.9 Å². The Hall–Kier alpha value is -1.88. The van der Waals surface area contributed by atoms with Crippen LogP contribution in [-0.4, -0.2) is 48.3 Å². The lowest BCUT2D eigenvalue weighted by atomic mass is 10.1. The summed E-state index contributed by atoms with van der Waals surface area (Å²) in [6.07, 6.45) is 0.531. The third-order valence-electron chi connectivity index (χ3n) is 4.76. The van der Waals surface area contributed by atoms with E-state index >= 15 is 0 Å². The third kappa shape index (κ3) is 5.23. The van der Waals surface area contributed by atoms with Crippen molar-refractivity contribution in [3.63, 3.8) is 0 Å². The molecule has 0 N–H and O–H groups in total. The van der Waals surface area contributed by atoms with Crippen molar-refractivity contribution in [2.45, 2.75) is 31.4 Å². The maximum atomic E-state index is 13.5. The van der Waals surface area contributed by atoms with Gasteiger partial charge < -0.3 is 4.90 Å². The van der Waals surface area contributed by atoms with Crippen LogP contribution in [-0.2, 0) is 16.4 Å². The van der Waals surface area contributed by atoms with Gasteiger partial charge in [-0.3, -0.25) is 0 Å². The van der Waals surface area contributed by atoms with Crippen LogP contribution in [0.25, 0.3) is 0 Å². The van der Waals surface area contributed by atoms with Gasteiger partial charge in [0, 0.05) is 44.1 Å². The highest BCUT2D eigenvalue weighted by atomic mass is 32.2. The van der Waals surface area contributed by atoms with Crippen molar-refractivity contribution in [3.05, 3.63) is 58.5 Å². The van der Waals surface area contributed by atoms with Gasteiger partial charge in [0.2, 0.25) is 5.13 Å². The van der Waals surface area contributed by atoms with Crippen molar-refractivity contribution >= 4 is 38.0 Å². The number of hydrogen-bond acceptors (Lipinski definition) is 7. The van der Waals surface area contributed by atoms with Gasteiger partial charge in [0.25, 0.3) is 10.0 Å². The van der Waals surface area contributed by atoms with Crippen molar-refractivity contribution in [1.29, 1.82) is 0 Å². The van der Waals surface area contributed by atoms with E-state index in [-0.39, 0.29) is 5.82 Å². The molecule has 0 aliphatic carbocycles. The third-order valence-corrected chi connectivity index (χ3v) is 8.92.